The molecule has 4 heteroatoms. The molecule has 1 aliphatic heterocycles. The molecule has 16 heavy (non-hydrogen) atoms. The zero-order chi connectivity index (χ0) is 11.9. The number of nitrogens with zero attached hydrogens (tertiary/aromatic N) is 1. The van der Waals surface area contributed by atoms with Gasteiger partial charge in [0.25, 0.3) is 0 Å². The van der Waals surface area contributed by atoms with Crippen LogP contribution in [0.3, 0.4) is 0 Å². The average molecular weight is 284 g/mol. The fourth-order valence-electron chi connectivity index (χ4n) is 2.05. The Bertz CT molecular complexity index is 445. The molecule has 0 radical (unpaired) electrons. The first kappa shape index (κ1) is 11.5. The van der Waals surface area contributed by atoms with Crippen molar-refractivity contribution in [3.05, 3.63) is 22.2 Å². The molecule has 0 aliphatic carbocycles. The van der Waals surface area contributed by atoms with E-state index in [2.05, 4.69) is 15.9 Å². The lowest BCUT2D eigenvalue weighted by atomic mass is 10.0. The number of aromatic hydroxyl groups is 1. The van der Waals surface area contributed by atoms with E-state index in [1.165, 1.54) is 0 Å². The van der Waals surface area contributed by atoms with Gasteiger partial charge in [0.2, 0.25) is 5.91 Å². The number of benzene rings is 1. The van der Waals surface area contributed by atoms with Crippen molar-refractivity contribution in [3.63, 3.8) is 0 Å². The minimum atomic E-state index is 0.0401. The van der Waals surface area contributed by atoms with E-state index in [1.54, 1.807) is 18.0 Å². The Balaban J connectivity index is 2.53. The van der Waals surface area contributed by atoms with Crippen LogP contribution in [-0.4, -0.2) is 18.1 Å². The van der Waals surface area contributed by atoms with Crippen LogP contribution < -0.4 is 4.90 Å². The van der Waals surface area contributed by atoms with Crippen LogP contribution in [0, 0.1) is 5.92 Å². The van der Waals surface area contributed by atoms with Crippen molar-refractivity contribution in [1.82, 2.24) is 0 Å². The van der Waals surface area contributed by atoms with Crippen molar-refractivity contribution in [2.75, 3.05) is 11.9 Å². The zero-order valence-electron chi connectivity index (χ0n) is 9.33. The number of aryl methyl sites for hydroxylation is 1. The summed E-state index contributed by atoms with van der Waals surface area (Å²) in [6.45, 7) is 1.94. The molecule has 1 aliphatic rings. The van der Waals surface area contributed by atoms with Crippen molar-refractivity contribution in [2.45, 2.75) is 19.8 Å². The number of anilines is 1. The van der Waals surface area contributed by atoms with E-state index >= 15 is 0 Å². The summed E-state index contributed by atoms with van der Waals surface area (Å²) in [5, 5.41) is 9.65. The van der Waals surface area contributed by atoms with Gasteiger partial charge in [0, 0.05) is 19.0 Å². The zero-order valence-corrected chi connectivity index (χ0v) is 10.9. The summed E-state index contributed by atoms with van der Waals surface area (Å²) < 4.78 is 0.682. The summed E-state index contributed by atoms with van der Waals surface area (Å²) in [7, 11) is 1.76. The Morgan fingerprint density at radius 1 is 1.50 bits per heavy atom. The molecule has 0 bridgehead atoms. The molecule has 1 amide bonds. The molecular formula is C12H14BrNO2. The van der Waals surface area contributed by atoms with Gasteiger partial charge in [-0.3, -0.25) is 4.79 Å². The fourth-order valence-corrected chi connectivity index (χ4v) is 2.44. The Morgan fingerprint density at radius 2 is 2.19 bits per heavy atom. The molecule has 1 aromatic carbocycles. The lowest BCUT2D eigenvalue weighted by molar-refractivity contribution is -0.121. The first-order chi connectivity index (χ1) is 7.50. The largest absolute Gasteiger partial charge is 0.507 e. The van der Waals surface area contributed by atoms with Crippen LogP contribution in [0.15, 0.2) is 16.6 Å². The quantitative estimate of drug-likeness (QED) is 0.795. The van der Waals surface area contributed by atoms with Gasteiger partial charge in [-0.25, -0.2) is 0 Å². The maximum atomic E-state index is 11.9. The molecule has 0 aromatic heterocycles. The molecule has 0 saturated carbocycles. The van der Waals surface area contributed by atoms with Crippen molar-refractivity contribution < 1.29 is 9.90 Å². The molecule has 0 fully saturated rings. The maximum Gasteiger partial charge on any atom is 0.229 e. The smallest absolute Gasteiger partial charge is 0.229 e. The molecule has 1 unspecified atom stereocenters. The monoisotopic (exact) mass is 283 g/mol. The lowest BCUT2D eigenvalue weighted by Crippen LogP contribution is -2.30. The third kappa shape index (κ3) is 1.82. The predicted octanol–water partition coefficient (Wildman–Crippen LogP) is 2.70. The molecule has 86 valence electrons. The number of phenols is 1. The van der Waals surface area contributed by atoms with E-state index in [-0.39, 0.29) is 17.6 Å². The van der Waals surface area contributed by atoms with Crippen LogP contribution in [0.25, 0.3) is 0 Å². The summed E-state index contributed by atoms with van der Waals surface area (Å²) >= 11 is 3.30. The van der Waals surface area contributed by atoms with Gasteiger partial charge in [-0.2, -0.15) is 0 Å². The minimum Gasteiger partial charge on any atom is -0.507 e. The molecule has 2 rings (SSSR count). The van der Waals surface area contributed by atoms with Crippen LogP contribution in [0.5, 0.6) is 5.75 Å². The number of carbonyl (C=O) groups excluding carboxylic acids is 1. The Labute approximate surface area is 103 Å². The lowest BCUT2D eigenvalue weighted by Gasteiger charge is -2.20. The molecule has 1 aromatic rings. The Kier molecular flexibility index (Phi) is 2.93. The van der Waals surface area contributed by atoms with Gasteiger partial charge in [-0.05, 0) is 40.4 Å². The van der Waals surface area contributed by atoms with E-state index in [1.807, 2.05) is 13.0 Å². The molecule has 1 N–H and O–H groups in total. The highest BCUT2D eigenvalue weighted by Crippen LogP contribution is 2.35. The molecular weight excluding hydrogens is 270 g/mol. The van der Waals surface area contributed by atoms with Crippen molar-refractivity contribution in [3.8, 4) is 5.75 Å². The number of phenolic OH excluding ortho intramolecular Hbond substituents is 1. The van der Waals surface area contributed by atoms with E-state index in [0.717, 1.165) is 24.1 Å². The average Bonchev–Trinajstić information content (AvgIpc) is 2.35. The number of carbonyl (C=O) groups is 1. The second-order valence-electron chi connectivity index (χ2n) is 4.27. The number of rotatable bonds is 0. The van der Waals surface area contributed by atoms with Crippen molar-refractivity contribution >= 4 is 27.5 Å². The summed E-state index contributed by atoms with van der Waals surface area (Å²) in [4.78, 5) is 13.6. The van der Waals surface area contributed by atoms with Gasteiger partial charge in [-0.15, -0.1) is 0 Å². The fraction of sp³-hybridized carbons (Fsp3) is 0.417. The van der Waals surface area contributed by atoms with E-state index in [4.69, 9.17) is 0 Å². The summed E-state index contributed by atoms with van der Waals surface area (Å²) in [5.41, 5.74) is 1.92. The predicted molar refractivity (Wildman–Crippen MR) is 66.7 cm³/mol. The number of fused-ring (bicyclic) bond motifs is 1. The number of halogens is 1. The molecule has 0 spiro atoms. The standard InChI is InChI=1S/C12H14BrNO2/c1-7-3-4-8-5-9(13)11(15)6-10(8)14(2)12(7)16/h5-7,15H,3-4H2,1-2H3. The highest BCUT2D eigenvalue weighted by molar-refractivity contribution is 9.10. The molecule has 1 atom stereocenters. The van der Waals surface area contributed by atoms with Gasteiger partial charge < -0.3 is 10.0 Å². The van der Waals surface area contributed by atoms with Crippen molar-refractivity contribution in [2.24, 2.45) is 5.92 Å². The Hall–Kier alpha value is -1.03. The van der Waals surface area contributed by atoms with Gasteiger partial charge >= 0.3 is 0 Å². The second kappa shape index (κ2) is 4.09. The van der Waals surface area contributed by atoms with Crippen LogP contribution in [0.1, 0.15) is 18.9 Å². The summed E-state index contributed by atoms with van der Waals surface area (Å²) in [6, 6.07) is 3.54. The first-order valence-electron chi connectivity index (χ1n) is 5.29. The highest BCUT2D eigenvalue weighted by atomic mass is 79.9. The normalized spacial score (nSPS) is 20.6. The summed E-state index contributed by atoms with van der Waals surface area (Å²) in [6.07, 6.45) is 1.72. The van der Waals surface area contributed by atoms with Gasteiger partial charge in [0.15, 0.2) is 0 Å². The maximum absolute atomic E-state index is 11.9. The second-order valence-corrected chi connectivity index (χ2v) is 5.12. The number of hydrogen-bond donors (Lipinski definition) is 1. The molecule has 1 heterocycles. The molecule has 0 saturated heterocycles. The van der Waals surface area contributed by atoms with E-state index in [0.29, 0.717) is 4.47 Å². The van der Waals surface area contributed by atoms with E-state index in [9.17, 15) is 9.90 Å². The Morgan fingerprint density at radius 3 is 2.88 bits per heavy atom. The van der Waals surface area contributed by atoms with Crippen LogP contribution >= 0.6 is 15.9 Å². The van der Waals surface area contributed by atoms with Gasteiger partial charge in [-0.1, -0.05) is 6.92 Å². The minimum absolute atomic E-state index is 0.0401. The highest BCUT2D eigenvalue weighted by Gasteiger charge is 2.25. The molecule has 3 nitrogen and oxygen atoms in total. The summed E-state index contributed by atoms with van der Waals surface area (Å²) in [5.74, 6) is 0.326. The third-order valence-electron chi connectivity index (χ3n) is 3.11. The van der Waals surface area contributed by atoms with Crippen LogP contribution in [-0.2, 0) is 11.2 Å². The van der Waals surface area contributed by atoms with Gasteiger partial charge in [0.1, 0.15) is 5.75 Å². The van der Waals surface area contributed by atoms with Gasteiger partial charge in [0.05, 0.1) is 10.2 Å². The third-order valence-corrected chi connectivity index (χ3v) is 3.74. The number of amides is 1. The van der Waals surface area contributed by atoms with Crippen LogP contribution in [0.4, 0.5) is 5.69 Å². The number of hydrogen-bond acceptors (Lipinski definition) is 2. The SMILES string of the molecule is CC1CCc2cc(Br)c(O)cc2N(C)C1=O. The topological polar surface area (TPSA) is 40.5 Å². The van der Waals surface area contributed by atoms with Crippen molar-refractivity contribution in [1.29, 1.82) is 0 Å². The van der Waals surface area contributed by atoms with E-state index < -0.39 is 0 Å². The van der Waals surface area contributed by atoms with Crippen LogP contribution in [0.2, 0.25) is 0 Å². The first-order valence-corrected chi connectivity index (χ1v) is 6.09.